The van der Waals surface area contributed by atoms with Crippen LogP contribution in [-0.4, -0.2) is 24.6 Å². The zero-order valence-electron chi connectivity index (χ0n) is 18.7. The van der Waals surface area contributed by atoms with Crippen LogP contribution in [0.2, 0.25) is 15.1 Å². The highest BCUT2D eigenvalue weighted by Gasteiger charge is 2.13. The molecule has 0 aliphatic carbocycles. The lowest BCUT2D eigenvalue weighted by molar-refractivity contribution is -0.136. The number of hydrazone groups is 1. The molecule has 7 nitrogen and oxygen atoms in total. The summed E-state index contributed by atoms with van der Waals surface area (Å²) in [6.45, 7) is 2.71. The fraction of sp³-hybridized carbons (Fsp3) is 0.160. The Hall–Kier alpha value is -3.26. The van der Waals surface area contributed by atoms with E-state index in [-0.39, 0.29) is 6.61 Å². The van der Waals surface area contributed by atoms with Crippen molar-refractivity contribution in [2.45, 2.75) is 20.0 Å². The van der Waals surface area contributed by atoms with Crippen LogP contribution in [0.3, 0.4) is 0 Å². The second-order valence-corrected chi connectivity index (χ2v) is 8.45. The largest absolute Gasteiger partial charge is 0.494 e. The molecule has 0 fully saturated rings. The highest BCUT2D eigenvalue weighted by atomic mass is 35.5. The molecule has 2 N–H and O–H groups in total. The number of carbonyl (C=O) groups is 2. The smallest absolute Gasteiger partial charge is 0.329 e. The Labute approximate surface area is 218 Å². The van der Waals surface area contributed by atoms with Crippen molar-refractivity contribution in [3.8, 4) is 11.5 Å². The predicted octanol–water partition coefficient (Wildman–Crippen LogP) is 6.10. The van der Waals surface area contributed by atoms with E-state index in [1.54, 1.807) is 60.7 Å². The third kappa shape index (κ3) is 7.89. The van der Waals surface area contributed by atoms with E-state index < -0.39 is 11.8 Å². The highest BCUT2D eigenvalue weighted by molar-refractivity contribution is 6.39. The molecule has 10 heteroatoms. The summed E-state index contributed by atoms with van der Waals surface area (Å²) in [6, 6.07) is 16.8. The van der Waals surface area contributed by atoms with Gasteiger partial charge in [-0.1, -0.05) is 47.8 Å². The van der Waals surface area contributed by atoms with E-state index in [0.29, 0.717) is 50.0 Å². The summed E-state index contributed by atoms with van der Waals surface area (Å²) < 4.78 is 11.3. The number of rotatable bonds is 9. The first-order valence-electron chi connectivity index (χ1n) is 10.6. The third-order valence-electron chi connectivity index (χ3n) is 4.57. The summed E-state index contributed by atoms with van der Waals surface area (Å²) in [7, 11) is 0. The number of benzene rings is 3. The van der Waals surface area contributed by atoms with E-state index in [0.717, 1.165) is 6.42 Å². The monoisotopic (exact) mass is 533 g/mol. The van der Waals surface area contributed by atoms with E-state index in [1.165, 1.54) is 6.21 Å². The molecule has 3 aromatic rings. The van der Waals surface area contributed by atoms with E-state index in [4.69, 9.17) is 44.3 Å². The van der Waals surface area contributed by atoms with Gasteiger partial charge in [0.15, 0.2) is 0 Å². The molecule has 0 atom stereocenters. The summed E-state index contributed by atoms with van der Waals surface area (Å²) in [6.07, 6.45) is 2.21. The molecule has 0 aliphatic rings. The van der Waals surface area contributed by atoms with Gasteiger partial charge in [0.1, 0.15) is 18.1 Å². The molecule has 0 heterocycles. The Kier molecular flexibility index (Phi) is 9.78. The summed E-state index contributed by atoms with van der Waals surface area (Å²) >= 11 is 18.5. The molecule has 0 bridgehead atoms. The minimum absolute atomic E-state index is 0.109. The van der Waals surface area contributed by atoms with Crippen molar-refractivity contribution in [3.05, 3.63) is 86.9 Å². The first-order chi connectivity index (χ1) is 16.9. The van der Waals surface area contributed by atoms with E-state index in [1.807, 2.05) is 6.92 Å². The molecule has 35 heavy (non-hydrogen) atoms. The lowest BCUT2D eigenvalue weighted by Crippen LogP contribution is -2.32. The third-order valence-corrected chi connectivity index (χ3v) is 5.51. The normalized spacial score (nSPS) is 10.7. The van der Waals surface area contributed by atoms with Crippen LogP contribution in [0.15, 0.2) is 65.8 Å². The van der Waals surface area contributed by atoms with Gasteiger partial charge in [-0.05, 0) is 61.0 Å². The molecule has 2 amide bonds. The molecule has 0 unspecified atom stereocenters. The number of hydrogen-bond acceptors (Lipinski definition) is 5. The van der Waals surface area contributed by atoms with Crippen molar-refractivity contribution in [1.29, 1.82) is 0 Å². The molecule has 0 radical (unpaired) electrons. The van der Waals surface area contributed by atoms with Crippen LogP contribution in [-0.2, 0) is 16.2 Å². The van der Waals surface area contributed by atoms with Crippen molar-refractivity contribution in [1.82, 2.24) is 5.43 Å². The van der Waals surface area contributed by atoms with Crippen LogP contribution >= 0.6 is 34.8 Å². The number of nitrogens with one attached hydrogen (secondary N) is 2. The molecular weight excluding hydrogens is 513 g/mol. The van der Waals surface area contributed by atoms with Crippen LogP contribution in [0.4, 0.5) is 5.69 Å². The summed E-state index contributed by atoms with van der Waals surface area (Å²) in [5.41, 5.74) is 3.73. The number of carbonyl (C=O) groups excluding carboxylic acids is 2. The van der Waals surface area contributed by atoms with Gasteiger partial charge >= 0.3 is 11.8 Å². The Morgan fingerprint density at radius 3 is 2.34 bits per heavy atom. The number of amides is 2. The summed E-state index contributed by atoms with van der Waals surface area (Å²) in [5.74, 6) is -0.714. The molecule has 0 saturated carbocycles. The minimum Gasteiger partial charge on any atom is -0.494 e. The van der Waals surface area contributed by atoms with Crippen molar-refractivity contribution in [2.24, 2.45) is 5.10 Å². The fourth-order valence-corrected chi connectivity index (χ4v) is 3.51. The first-order valence-corrected chi connectivity index (χ1v) is 11.7. The van der Waals surface area contributed by atoms with Crippen LogP contribution in [0.25, 0.3) is 0 Å². The average Bonchev–Trinajstić information content (AvgIpc) is 2.84. The Bertz CT molecular complexity index is 1200. The molecule has 0 spiro atoms. The molecule has 182 valence electrons. The van der Waals surface area contributed by atoms with Crippen molar-refractivity contribution in [3.63, 3.8) is 0 Å². The SMILES string of the molecule is CCCOc1ccc(NC(=O)C(=O)N/N=C\c2cc(Cl)ccc2OCc2c(Cl)cccc2Cl)cc1. The van der Waals surface area contributed by atoms with E-state index in [9.17, 15) is 9.59 Å². The highest BCUT2D eigenvalue weighted by Crippen LogP contribution is 2.28. The van der Waals surface area contributed by atoms with Crippen LogP contribution in [0.1, 0.15) is 24.5 Å². The minimum atomic E-state index is -0.945. The Balaban J connectivity index is 1.59. The van der Waals surface area contributed by atoms with Crippen molar-refractivity contribution < 1.29 is 19.1 Å². The molecule has 0 aromatic heterocycles. The van der Waals surface area contributed by atoms with E-state index >= 15 is 0 Å². The zero-order valence-corrected chi connectivity index (χ0v) is 21.0. The standard InChI is InChI=1S/C25H22Cl3N3O4/c1-2-12-34-19-9-7-18(8-10-19)30-24(32)25(33)31-29-14-16-13-17(26)6-11-23(16)35-15-20-21(27)4-3-5-22(20)28/h3-11,13-14H,2,12,15H2,1H3,(H,30,32)(H,31,33)/b29-14-. The number of anilines is 1. The van der Waals surface area contributed by atoms with E-state index in [2.05, 4.69) is 15.8 Å². The van der Waals surface area contributed by atoms with Gasteiger partial charge in [-0.25, -0.2) is 5.43 Å². The average molecular weight is 535 g/mol. The second kappa shape index (κ2) is 13.0. The summed E-state index contributed by atoms with van der Waals surface area (Å²) in [4.78, 5) is 24.3. The lowest BCUT2D eigenvalue weighted by atomic mass is 10.2. The van der Waals surface area contributed by atoms with Gasteiger partial charge < -0.3 is 14.8 Å². The fourth-order valence-electron chi connectivity index (χ4n) is 2.83. The maximum atomic E-state index is 12.2. The van der Waals surface area contributed by atoms with Gasteiger partial charge in [-0.15, -0.1) is 0 Å². The maximum absolute atomic E-state index is 12.2. The molecule has 0 saturated heterocycles. The Morgan fingerprint density at radius 1 is 0.943 bits per heavy atom. The Morgan fingerprint density at radius 2 is 1.66 bits per heavy atom. The quantitative estimate of drug-likeness (QED) is 0.197. The molecular formula is C25H22Cl3N3O4. The second-order valence-electron chi connectivity index (χ2n) is 7.20. The number of halogens is 3. The zero-order chi connectivity index (χ0) is 25.2. The van der Waals surface area contributed by atoms with Crippen molar-refractivity contribution >= 4 is 58.5 Å². The first kappa shape index (κ1) is 26.3. The number of nitrogens with zero attached hydrogens (tertiary/aromatic N) is 1. The van der Waals surface area contributed by atoms with Gasteiger partial charge in [0.2, 0.25) is 0 Å². The van der Waals surface area contributed by atoms with Crippen LogP contribution in [0, 0.1) is 0 Å². The number of hydrogen-bond donors (Lipinski definition) is 2. The molecule has 0 aliphatic heterocycles. The maximum Gasteiger partial charge on any atom is 0.329 e. The van der Waals surface area contributed by atoms with Gasteiger partial charge in [-0.3, -0.25) is 9.59 Å². The molecule has 3 rings (SSSR count). The van der Waals surface area contributed by atoms with Gasteiger partial charge in [0.25, 0.3) is 0 Å². The topological polar surface area (TPSA) is 89.0 Å². The van der Waals surface area contributed by atoms with Gasteiger partial charge in [0.05, 0.1) is 12.8 Å². The van der Waals surface area contributed by atoms with Crippen LogP contribution < -0.4 is 20.2 Å². The predicted molar refractivity (Wildman–Crippen MR) is 139 cm³/mol. The lowest BCUT2D eigenvalue weighted by Gasteiger charge is -2.12. The van der Waals surface area contributed by atoms with Crippen LogP contribution in [0.5, 0.6) is 11.5 Å². The van der Waals surface area contributed by atoms with Gasteiger partial charge in [-0.2, -0.15) is 5.10 Å². The molecule has 3 aromatic carbocycles. The summed E-state index contributed by atoms with van der Waals surface area (Å²) in [5, 5.41) is 7.73. The number of ether oxygens (including phenoxy) is 2. The van der Waals surface area contributed by atoms with Crippen molar-refractivity contribution in [2.75, 3.05) is 11.9 Å². The van der Waals surface area contributed by atoms with Gasteiger partial charge in [0, 0.05) is 31.9 Å².